The van der Waals surface area contributed by atoms with Crippen LogP contribution < -0.4 is 5.32 Å². The molecule has 1 aliphatic heterocycles. The maximum absolute atomic E-state index is 12.0. The van der Waals surface area contributed by atoms with Crippen LogP contribution in [-0.4, -0.2) is 57.5 Å². The van der Waals surface area contributed by atoms with Crippen molar-refractivity contribution in [3.63, 3.8) is 0 Å². The first-order chi connectivity index (χ1) is 9.11. The van der Waals surface area contributed by atoms with E-state index in [0.717, 1.165) is 32.5 Å². The second-order valence-electron chi connectivity index (χ2n) is 4.61. The molecule has 7 heteroatoms. The van der Waals surface area contributed by atoms with Crippen LogP contribution >= 0.6 is 0 Å². The molecule has 2 rings (SSSR count). The Balaban J connectivity index is 1.94. The first kappa shape index (κ1) is 13.5. The number of imidazole rings is 1. The van der Waals surface area contributed by atoms with E-state index in [2.05, 4.69) is 27.1 Å². The van der Waals surface area contributed by atoms with Crippen molar-refractivity contribution < 1.29 is 14.7 Å². The topological polar surface area (TPSA) is 98.3 Å². The summed E-state index contributed by atoms with van der Waals surface area (Å²) in [5, 5.41) is 11.8. The summed E-state index contributed by atoms with van der Waals surface area (Å²) in [6, 6.07) is 0.0913. The predicted molar refractivity (Wildman–Crippen MR) is 68.1 cm³/mol. The van der Waals surface area contributed by atoms with Crippen molar-refractivity contribution in [1.29, 1.82) is 0 Å². The Kier molecular flexibility index (Phi) is 4.16. The highest BCUT2D eigenvalue weighted by Gasteiger charge is 2.24. The maximum atomic E-state index is 12.0. The minimum atomic E-state index is -1.18. The van der Waals surface area contributed by atoms with Crippen molar-refractivity contribution in [1.82, 2.24) is 20.2 Å². The van der Waals surface area contributed by atoms with Gasteiger partial charge in [-0.05, 0) is 19.4 Å². The van der Waals surface area contributed by atoms with E-state index in [9.17, 15) is 9.59 Å². The molecule has 0 unspecified atom stereocenters. The molecule has 0 saturated carbocycles. The Morgan fingerprint density at radius 2 is 2.21 bits per heavy atom. The monoisotopic (exact) mass is 266 g/mol. The van der Waals surface area contributed by atoms with E-state index < -0.39 is 11.9 Å². The van der Waals surface area contributed by atoms with Gasteiger partial charge in [0.15, 0.2) is 11.4 Å². The van der Waals surface area contributed by atoms with Gasteiger partial charge in [0.1, 0.15) is 0 Å². The number of H-pyrrole nitrogens is 1. The number of likely N-dealkylation sites (tertiary alicyclic amines) is 1. The third-order valence-electron chi connectivity index (χ3n) is 3.44. The summed E-state index contributed by atoms with van der Waals surface area (Å²) in [4.78, 5) is 31.4. The number of carboxylic acids is 1. The van der Waals surface area contributed by atoms with Crippen molar-refractivity contribution in [2.75, 3.05) is 19.6 Å². The minimum absolute atomic E-state index is 0.0505. The quantitative estimate of drug-likeness (QED) is 0.729. The molecule has 1 saturated heterocycles. The van der Waals surface area contributed by atoms with E-state index in [-0.39, 0.29) is 17.4 Å². The van der Waals surface area contributed by atoms with Gasteiger partial charge in [0, 0.05) is 19.1 Å². The van der Waals surface area contributed by atoms with Gasteiger partial charge in [-0.2, -0.15) is 0 Å². The molecule has 0 atom stereocenters. The highest BCUT2D eigenvalue weighted by atomic mass is 16.4. The van der Waals surface area contributed by atoms with Gasteiger partial charge in [0.2, 0.25) is 0 Å². The van der Waals surface area contributed by atoms with Gasteiger partial charge in [-0.1, -0.05) is 6.92 Å². The molecule has 1 amide bonds. The van der Waals surface area contributed by atoms with Crippen LogP contribution in [0.25, 0.3) is 0 Å². The van der Waals surface area contributed by atoms with E-state index in [1.54, 1.807) is 0 Å². The van der Waals surface area contributed by atoms with Crippen LogP contribution in [0.15, 0.2) is 6.33 Å². The van der Waals surface area contributed by atoms with Crippen LogP contribution in [-0.2, 0) is 0 Å². The number of aromatic nitrogens is 2. The molecule has 2 heterocycles. The summed E-state index contributed by atoms with van der Waals surface area (Å²) in [6.45, 7) is 5.03. The Bertz CT molecular complexity index is 463. The second kappa shape index (κ2) is 5.83. The summed E-state index contributed by atoms with van der Waals surface area (Å²) in [7, 11) is 0. The average molecular weight is 266 g/mol. The Labute approximate surface area is 111 Å². The van der Waals surface area contributed by atoms with Gasteiger partial charge in [0.25, 0.3) is 5.91 Å². The number of nitrogens with zero attached hydrogens (tertiary/aromatic N) is 2. The number of carbonyl (C=O) groups is 2. The molecule has 0 radical (unpaired) electrons. The summed E-state index contributed by atoms with van der Waals surface area (Å²) in [5.41, 5.74) is -0.214. The number of aromatic amines is 1. The van der Waals surface area contributed by atoms with Gasteiger partial charge < -0.3 is 20.3 Å². The van der Waals surface area contributed by atoms with E-state index in [1.165, 1.54) is 6.33 Å². The number of amides is 1. The number of aromatic carboxylic acids is 1. The maximum Gasteiger partial charge on any atom is 0.354 e. The summed E-state index contributed by atoms with van der Waals surface area (Å²) < 4.78 is 0. The zero-order valence-electron chi connectivity index (χ0n) is 10.8. The first-order valence-corrected chi connectivity index (χ1v) is 6.41. The number of nitrogens with one attached hydrogen (secondary N) is 2. The fraction of sp³-hybridized carbons (Fsp3) is 0.583. The number of carboxylic acid groups (broad SMARTS) is 1. The Morgan fingerprint density at radius 3 is 2.79 bits per heavy atom. The molecular formula is C12H18N4O3. The lowest BCUT2D eigenvalue weighted by Crippen LogP contribution is -2.44. The molecule has 0 aliphatic carbocycles. The largest absolute Gasteiger partial charge is 0.477 e. The Hall–Kier alpha value is -1.89. The molecular weight excluding hydrogens is 248 g/mol. The minimum Gasteiger partial charge on any atom is -0.477 e. The van der Waals surface area contributed by atoms with E-state index in [4.69, 9.17) is 5.11 Å². The van der Waals surface area contributed by atoms with E-state index in [1.807, 2.05) is 0 Å². The highest BCUT2D eigenvalue weighted by Crippen LogP contribution is 2.11. The van der Waals surface area contributed by atoms with E-state index in [0.29, 0.717) is 0 Å². The normalized spacial score (nSPS) is 17.3. The number of rotatable bonds is 4. The van der Waals surface area contributed by atoms with Crippen LogP contribution in [0.3, 0.4) is 0 Å². The second-order valence-corrected chi connectivity index (χ2v) is 4.61. The lowest BCUT2D eigenvalue weighted by Gasteiger charge is -2.31. The molecule has 7 nitrogen and oxygen atoms in total. The predicted octanol–water partition coefficient (Wildman–Crippen LogP) is 0.322. The molecule has 1 fully saturated rings. The number of piperidine rings is 1. The lowest BCUT2D eigenvalue weighted by atomic mass is 10.0. The zero-order valence-corrected chi connectivity index (χ0v) is 10.8. The van der Waals surface area contributed by atoms with Gasteiger partial charge >= 0.3 is 5.97 Å². The lowest BCUT2D eigenvalue weighted by molar-refractivity contribution is 0.0683. The fourth-order valence-corrected chi connectivity index (χ4v) is 2.28. The summed E-state index contributed by atoms with van der Waals surface area (Å²) in [6.07, 6.45) is 2.98. The molecule has 3 N–H and O–H groups in total. The molecule has 104 valence electrons. The van der Waals surface area contributed by atoms with Crippen molar-refractivity contribution >= 4 is 11.9 Å². The van der Waals surface area contributed by atoms with Crippen LogP contribution in [0.5, 0.6) is 0 Å². The van der Waals surface area contributed by atoms with Gasteiger partial charge in [-0.25, -0.2) is 9.78 Å². The van der Waals surface area contributed by atoms with Crippen LogP contribution in [0.2, 0.25) is 0 Å². The molecule has 0 bridgehead atoms. The number of hydrogen-bond acceptors (Lipinski definition) is 4. The smallest absolute Gasteiger partial charge is 0.354 e. The zero-order chi connectivity index (χ0) is 13.8. The molecule has 1 aromatic heterocycles. The van der Waals surface area contributed by atoms with E-state index >= 15 is 0 Å². The molecule has 0 aromatic carbocycles. The molecule has 0 spiro atoms. The average Bonchev–Trinajstić information content (AvgIpc) is 2.89. The standard InChI is InChI=1S/C12H18N4O3/c1-2-16-5-3-8(4-6-16)15-11(17)9-10(12(18)19)14-7-13-9/h7-8H,2-6H2,1H3,(H,13,14)(H,15,17)(H,18,19). The van der Waals surface area contributed by atoms with Gasteiger partial charge in [-0.3, -0.25) is 4.79 Å². The third-order valence-corrected chi connectivity index (χ3v) is 3.44. The van der Waals surface area contributed by atoms with Crippen molar-refractivity contribution in [2.24, 2.45) is 0 Å². The molecule has 19 heavy (non-hydrogen) atoms. The van der Waals surface area contributed by atoms with Crippen LogP contribution in [0.1, 0.15) is 40.7 Å². The SMILES string of the molecule is CCN1CCC(NC(=O)c2nc[nH]c2C(=O)O)CC1. The van der Waals surface area contributed by atoms with Gasteiger partial charge in [0.05, 0.1) is 6.33 Å². The fourth-order valence-electron chi connectivity index (χ4n) is 2.28. The van der Waals surface area contributed by atoms with Crippen molar-refractivity contribution in [3.05, 3.63) is 17.7 Å². The van der Waals surface area contributed by atoms with Crippen molar-refractivity contribution in [3.8, 4) is 0 Å². The summed E-state index contributed by atoms with van der Waals surface area (Å²) in [5.74, 6) is -1.60. The van der Waals surface area contributed by atoms with Crippen LogP contribution in [0, 0.1) is 0 Å². The number of hydrogen-bond donors (Lipinski definition) is 3. The molecule has 1 aliphatic rings. The van der Waals surface area contributed by atoms with Gasteiger partial charge in [-0.15, -0.1) is 0 Å². The Morgan fingerprint density at radius 1 is 1.53 bits per heavy atom. The van der Waals surface area contributed by atoms with Crippen molar-refractivity contribution in [2.45, 2.75) is 25.8 Å². The van der Waals surface area contributed by atoms with Crippen LogP contribution in [0.4, 0.5) is 0 Å². The highest BCUT2D eigenvalue weighted by molar-refractivity contribution is 6.02. The summed E-state index contributed by atoms with van der Waals surface area (Å²) >= 11 is 0. The first-order valence-electron chi connectivity index (χ1n) is 6.41. The molecule has 1 aromatic rings. The number of carbonyl (C=O) groups excluding carboxylic acids is 1. The third kappa shape index (κ3) is 3.11.